The molecule has 1 N–H and O–H groups in total. The maximum Gasteiger partial charge on any atom is 0.259 e. The number of fused-ring (bicyclic) bond motifs is 1. The molecule has 2 heterocycles. The normalized spacial score (nSPS) is 13.1. The Balaban J connectivity index is 1.81. The van der Waals surface area contributed by atoms with Crippen LogP contribution < -0.4 is 4.74 Å². The van der Waals surface area contributed by atoms with Crippen LogP contribution in [0.4, 0.5) is 0 Å². The first kappa shape index (κ1) is 14.8. The maximum atomic E-state index is 12.7. The van der Waals surface area contributed by atoms with E-state index < -0.39 is 0 Å². The molecule has 22 heavy (non-hydrogen) atoms. The van der Waals surface area contributed by atoms with Crippen molar-refractivity contribution in [3.63, 3.8) is 0 Å². The van der Waals surface area contributed by atoms with Crippen LogP contribution in [0, 0.1) is 0 Å². The van der Waals surface area contributed by atoms with Crippen molar-refractivity contribution in [2.24, 2.45) is 0 Å². The Hall–Kier alpha value is -2.11. The second-order valence-corrected chi connectivity index (χ2v) is 5.44. The number of hydrogen-bond acceptors (Lipinski definition) is 4. The van der Waals surface area contributed by atoms with E-state index in [1.54, 1.807) is 23.2 Å². The number of rotatable bonds is 4. The van der Waals surface area contributed by atoms with Gasteiger partial charge in [-0.3, -0.25) is 4.79 Å². The van der Waals surface area contributed by atoms with Crippen molar-refractivity contribution >= 4 is 17.5 Å². The molecule has 0 fully saturated rings. The molecule has 3 rings (SSSR count). The molecule has 0 radical (unpaired) electrons. The van der Waals surface area contributed by atoms with Gasteiger partial charge in [0.2, 0.25) is 5.88 Å². The average Bonchev–Trinajstić information content (AvgIpc) is 2.95. The van der Waals surface area contributed by atoms with E-state index in [1.165, 1.54) is 0 Å². The molecule has 1 aliphatic heterocycles. The molecule has 0 bridgehead atoms. The summed E-state index contributed by atoms with van der Waals surface area (Å²) < 4.78 is 5.33. The van der Waals surface area contributed by atoms with Crippen molar-refractivity contribution in [2.75, 3.05) is 13.2 Å². The standard InChI is InChI=1S/C16H15ClN2O3/c17-13-4-3-11-9-19(10-12(11)8-13)16(21)14-2-1-5-18-15(14)22-7-6-20/h1-5,8,20H,6-7,9-10H2. The monoisotopic (exact) mass is 318 g/mol. The highest BCUT2D eigenvalue weighted by Gasteiger charge is 2.26. The first-order valence-corrected chi connectivity index (χ1v) is 7.32. The van der Waals surface area contributed by atoms with Gasteiger partial charge in [0.1, 0.15) is 12.2 Å². The summed E-state index contributed by atoms with van der Waals surface area (Å²) in [6.45, 7) is 1.04. The second kappa shape index (κ2) is 6.34. The molecular weight excluding hydrogens is 304 g/mol. The smallest absolute Gasteiger partial charge is 0.259 e. The maximum absolute atomic E-state index is 12.7. The second-order valence-electron chi connectivity index (χ2n) is 5.00. The number of amides is 1. The van der Waals surface area contributed by atoms with Gasteiger partial charge in [-0.25, -0.2) is 4.98 Å². The molecule has 6 heteroatoms. The summed E-state index contributed by atoms with van der Waals surface area (Å²) in [6.07, 6.45) is 1.56. The molecule has 114 valence electrons. The Kier molecular flexibility index (Phi) is 4.27. The molecule has 2 aromatic rings. The van der Waals surface area contributed by atoms with Crippen LogP contribution >= 0.6 is 11.6 Å². The molecule has 0 atom stereocenters. The molecule has 0 saturated carbocycles. The predicted molar refractivity (Wildman–Crippen MR) is 81.8 cm³/mol. The third-order valence-electron chi connectivity index (χ3n) is 3.51. The third kappa shape index (κ3) is 2.91. The fourth-order valence-corrected chi connectivity index (χ4v) is 2.68. The number of aliphatic hydroxyl groups is 1. The van der Waals surface area contributed by atoms with Gasteiger partial charge in [-0.2, -0.15) is 0 Å². The lowest BCUT2D eigenvalue weighted by Gasteiger charge is -2.17. The summed E-state index contributed by atoms with van der Waals surface area (Å²) in [5.74, 6) is 0.101. The Morgan fingerprint density at radius 1 is 1.32 bits per heavy atom. The molecule has 1 aliphatic rings. The predicted octanol–water partition coefficient (Wildman–Crippen LogP) is 2.26. The lowest BCUT2D eigenvalue weighted by Crippen LogP contribution is -2.26. The summed E-state index contributed by atoms with van der Waals surface area (Å²) >= 11 is 5.99. The van der Waals surface area contributed by atoms with E-state index in [1.807, 2.05) is 18.2 Å². The zero-order valence-corrected chi connectivity index (χ0v) is 12.6. The third-order valence-corrected chi connectivity index (χ3v) is 3.74. The van der Waals surface area contributed by atoms with Crippen LogP contribution in [0.3, 0.4) is 0 Å². The van der Waals surface area contributed by atoms with Gasteiger partial charge >= 0.3 is 0 Å². The molecule has 1 aromatic carbocycles. The Bertz CT molecular complexity index is 706. The van der Waals surface area contributed by atoms with Gasteiger partial charge in [-0.1, -0.05) is 17.7 Å². The Labute approximate surface area is 133 Å². The summed E-state index contributed by atoms with van der Waals surface area (Å²) in [6, 6.07) is 9.03. The van der Waals surface area contributed by atoms with E-state index in [4.69, 9.17) is 21.4 Å². The highest BCUT2D eigenvalue weighted by Crippen LogP contribution is 2.28. The van der Waals surface area contributed by atoms with Gasteiger partial charge in [-0.05, 0) is 35.4 Å². The number of benzene rings is 1. The van der Waals surface area contributed by atoms with Crippen LogP contribution in [0.1, 0.15) is 21.5 Å². The fourth-order valence-electron chi connectivity index (χ4n) is 2.49. The van der Waals surface area contributed by atoms with Crippen molar-refractivity contribution in [1.29, 1.82) is 0 Å². The number of hydrogen-bond donors (Lipinski definition) is 1. The molecule has 1 aromatic heterocycles. The first-order chi connectivity index (χ1) is 10.7. The summed E-state index contributed by atoms with van der Waals surface area (Å²) in [7, 11) is 0. The number of ether oxygens (including phenoxy) is 1. The molecular formula is C16H15ClN2O3. The zero-order valence-electron chi connectivity index (χ0n) is 11.8. The Morgan fingerprint density at radius 2 is 2.14 bits per heavy atom. The van der Waals surface area contributed by atoms with E-state index in [0.717, 1.165) is 11.1 Å². The number of aromatic nitrogens is 1. The van der Waals surface area contributed by atoms with E-state index in [0.29, 0.717) is 23.7 Å². The van der Waals surface area contributed by atoms with Gasteiger partial charge in [0.15, 0.2) is 0 Å². The Morgan fingerprint density at radius 3 is 2.95 bits per heavy atom. The van der Waals surface area contributed by atoms with E-state index >= 15 is 0 Å². The number of carbonyl (C=O) groups excluding carboxylic acids is 1. The van der Waals surface area contributed by atoms with Crippen LogP contribution in [-0.2, 0) is 13.1 Å². The minimum Gasteiger partial charge on any atom is -0.475 e. The number of pyridine rings is 1. The highest BCUT2D eigenvalue weighted by molar-refractivity contribution is 6.30. The molecule has 0 spiro atoms. The summed E-state index contributed by atoms with van der Waals surface area (Å²) in [5.41, 5.74) is 2.55. The molecule has 1 amide bonds. The van der Waals surface area contributed by atoms with Gasteiger partial charge in [0, 0.05) is 24.3 Å². The number of halogens is 1. The van der Waals surface area contributed by atoms with Crippen molar-refractivity contribution < 1.29 is 14.6 Å². The van der Waals surface area contributed by atoms with Crippen LogP contribution in [0.25, 0.3) is 0 Å². The largest absolute Gasteiger partial charge is 0.475 e. The van der Waals surface area contributed by atoms with Crippen LogP contribution in [0.15, 0.2) is 36.5 Å². The van der Waals surface area contributed by atoms with Crippen molar-refractivity contribution in [3.05, 3.63) is 58.2 Å². The minimum atomic E-state index is -0.145. The number of nitrogens with zero attached hydrogens (tertiary/aromatic N) is 2. The quantitative estimate of drug-likeness (QED) is 0.939. The van der Waals surface area contributed by atoms with Gasteiger partial charge in [0.25, 0.3) is 5.91 Å². The van der Waals surface area contributed by atoms with Crippen molar-refractivity contribution in [2.45, 2.75) is 13.1 Å². The molecule has 5 nitrogen and oxygen atoms in total. The molecule has 0 unspecified atom stereocenters. The van der Waals surface area contributed by atoms with Crippen LogP contribution in [-0.4, -0.2) is 34.1 Å². The van der Waals surface area contributed by atoms with Gasteiger partial charge in [-0.15, -0.1) is 0 Å². The van der Waals surface area contributed by atoms with Gasteiger partial charge in [0.05, 0.1) is 6.61 Å². The fraction of sp³-hybridized carbons (Fsp3) is 0.250. The van der Waals surface area contributed by atoms with Gasteiger partial charge < -0.3 is 14.7 Å². The lowest BCUT2D eigenvalue weighted by atomic mass is 10.1. The average molecular weight is 319 g/mol. The van der Waals surface area contributed by atoms with E-state index in [-0.39, 0.29) is 25.0 Å². The van der Waals surface area contributed by atoms with E-state index in [9.17, 15) is 4.79 Å². The summed E-state index contributed by atoms with van der Waals surface area (Å²) in [5, 5.41) is 9.52. The summed E-state index contributed by atoms with van der Waals surface area (Å²) in [4.78, 5) is 18.5. The van der Waals surface area contributed by atoms with Crippen molar-refractivity contribution in [1.82, 2.24) is 9.88 Å². The van der Waals surface area contributed by atoms with Crippen molar-refractivity contribution in [3.8, 4) is 5.88 Å². The van der Waals surface area contributed by atoms with E-state index in [2.05, 4.69) is 4.98 Å². The molecule has 0 saturated heterocycles. The van der Waals surface area contributed by atoms with Crippen LogP contribution in [0.5, 0.6) is 5.88 Å². The number of carbonyl (C=O) groups is 1. The number of aliphatic hydroxyl groups excluding tert-OH is 1. The van der Waals surface area contributed by atoms with Crippen LogP contribution in [0.2, 0.25) is 5.02 Å². The topological polar surface area (TPSA) is 62.7 Å². The minimum absolute atomic E-state index is 0.104. The first-order valence-electron chi connectivity index (χ1n) is 6.94. The SMILES string of the molecule is O=C(c1cccnc1OCCO)N1Cc2ccc(Cl)cc2C1. The molecule has 0 aliphatic carbocycles. The lowest BCUT2D eigenvalue weighted by molar-refractivity contribution is 0.0744. The zero-order chi connectivity index (χ0) is 15.5. The highest BCUT2D eigenvalue weighted by atomic mass is 35.5.